The van der Waals surface area contributed by atoms with E-state index in [0.29, 0.717) is 0 Å². The minimum absolute atomic E-state index is 0.237. The summed E-state index contributed by atoms with van der Waals surface area (Å²) in [4.78, 5) is 12.7. The summed E-state index contributed by atoms with van der Waals surface area (Å²) < 4.78 is 37.1. The van der Waals surface area contributed by atoms with E-state index in [2.05, 4.69) is 0 Å². The van der Waals surface area contributed by atoms with Crippen LogP contribution < -0.4 is 0 Å². The van der Waals surface area contributed by atoms with Crippen molar-refractivity contribution < 1.29 is 18.0 Å². The Kier molecular flexibility index (Phi) is 3.85. The van der Waals surface area contributed by atoms with Crippen LogP contribution in [0.4, 0.5) is 13.2 Å². The Morgan fingerprint density at radius 3 is 2.32 bits per heavy atom. The summed E-state index contributed by atoms with van der Waals surface area (Å²) in [5.41, 5.74) is -0.521. The van der Waals surface area contributed by atoms with Crippen LogP contribution in [0.5, 0.6) is 0 Å². The molecule has 0 radical (unpaired) electrons. The van der Waals surface area contributed by atoms with Crippen LogP contribution in [0.1, 0.15) is 20.8 Å². The Balaban J connectivity index is 2.12. The van der Waals surface area contributed by atoms with Crippen molar-refractivity contribution in [1.29, 1.82) is 0 Å². The number of ketones is 1. The summed E-state index contributed by atoms with van der Waals surface area (Å²) in [6.45, 7) is 0. The number of allylic oxidation sites excluding steroid dienone is 1. The van der Waals surface area contributed by atoms with Crippen molar-refractivity contribution in [2.24, 2.45) is 0 Å². The number of hydrogen-bond acceptors (Lipinski definition) is 2. The summed E-state index contributed by atoms with van der Waals surface area (Å²) in [6.07, 6.45) is -1.38. The van der Waals surface area contributed by atoms with Crippen molar-refractivity contribution in [3.8, 4) is 0 Å². The summed E-state index contributed by atoms with van der Waals surface area (Å²) >= 11 is 1.48. The molecule has 2 aromatic rings. The van der Waals surface area contributed by atoms with Crippen LogP contribution in [0.25, 0.3) is 6.08 Å². The van der Waals surface area contributed by atoms with E-state index in [4.69, 9.17) is 0 Å². The van der Waals surface area contributed by atoms with Crippen LogP contribution in [0.2, 0.25) is 0 Å². The van der Waals surface area contributed by atoms with Gasteiger partial charge in [0, 0.05) is 10.4 Å². The zero-order valence-corrected chi connectivity index (χ0v) is 10.5. The lowest BCUT2D eigenvalue weighted by Crippen LogP contribution is -2.05. The second-order valence-corrected chi connectivity index (χ2v) is 4.77. The monoisotopic (exact) mass is 282 g/mol. The smallest absolute Gasteiger partial charge is 0.289 e. The molecule has 1 aromatic heterocycles. The van der Waals surface area contributed by atoms with Gasteiger partial charge in [-0.05, 0) is 35.7 Å². The number of thiophene rings is 1. The zero-order valence-electron chi connectivity index (χ0n) is 9.65. The van der Waals surface area contributed by atoms with Crippen molar-refractivity contribution in [3.63, 3.8) is 0 Å². The highest BCUT2D eigenvalue weighted by atomic mass is 32.1. The Bertz CT molecular complexity index is 580. The van der Waals surface area contributed by atoms with E-state index in [1.54, 1.807) is 6.08 Å². The molecule has 19 heavy (non-hydrogen) atoms. The van der Waals surface area contributed by atoms with Crippen molar-refractivity contribution in [1.82, 2.24) is 0 Å². The van der Waals surface area contributed by atoms with Gasteiger partial charge in [-0.25, -0.2) is 0 Å². The molecular weight excluding hydrogens is 273 g/mol. The number of carbonyl (C=O) groups is 1. The maximum atomic E-state index is 12.4. The Labute approximate surface area is 112 Å². The molecule has 0 fully saturated rings. The highest BCUT2D eigenvalue weighted by Crippen LogP contribution is 2.29. The lowest BCUT2D eigenvalue weighted by molar-refractivity contribution is -0.137. The molecule has 0 unspecified atom stereocenters. The molecule has 98 valence electrons. The lowest BCUT2D eigenvalue weighted by Gasteiger charge is -2.06. The molecule has 1 heterocycles. The third-order valence-corrected chi connectivity index (χ3v) is 3.28. The molecule has 0 N–H and O–H groups in total. The number of halogens is 3. The largest absolute Gasteiger partial charge is 0.416 e. The van der Waals surface area contributed by atoms with Gasteiger partial charge in [-0.1, -0.05) is 18.2 Å². The fraction of sp³-hybridized carbons (Fsp3) is 0.0714. The summed E-state index contributed by atoms with van der Waals surface area (Å²) in [7, 11) is 0. The van der Waals surface area contributed by atoms with Gasteiger partial charge in [0.25, 0.3) is 0 Å². The Morgan fingerprint density at radius 2 is 1.79 bits per heavy atom. The molecule has 0 atom stereocenters. The summed E-state index contributed by atoms with van der Waals surface area (Å²) in [5, 5.41) is 1.88. The first kappa shape index (κ1) is 13.5. The molecular formula is C14H9F3OS. The van der Waals surface area contributed by atoms with Crippen LogP contribution in [0.3, 0.4) is 0 Å². The second-order valence-electron chi connectivity index (χ2n) is 3.79. The molecule has 0 aliphatic rings. The van der Waals surface area contributed by atoms with Gasteiger partial charge in [0.05, 0.1) is 5.56 Å². The zero-order chi connectivity index (χ0) is 13.9. The average Bonchev–Trinajstić information content (AvgIpc) is 2.88. The lowest BCUT2D eigenvalue weighted by atomic mass is 10.1. The fourth-order valence-corrected chi connectivity index (χ4v) is 2.08. The Morgan fingerprint density at radius 1 is 1.11 bits per heavy atom. The van der Waals surface area contributed by atoms with E-state index < -0.39 is 11.7 Å². The van der Waals surface area contributed by atoms with Gasteiger partial charge in [-0.3, -0.25) is 4.79 Å². The van der Waals surface area contributed by atoms with Gasteiger partial charge < -0.3 is 0 Å². The van der Waals surface area contributed by atoms with Crippen LogP contribution in [-0.4, -0.2) is 5.78 Å². The van der Waals surface area contributed by atoms with E-state index >= 15 is 0 Å². The first-order chi connectivity index (χ1) is 8.97. The third-order valence-electron chi connectivity index (χ3n) is 2.44. The fourth-order valence-electron chi connectivity index (χ4n) is 1.46. The SMILES string of the molecule is O=C(/C=C/c1cccs1)c1ccc(C(F)(F)F)cc1. The third kappa shape index (κ3) is 3.54. The Hall–Kier alpha value is -1.88. The number of hydrogen-bond donors (Lipinski definition) is 0. The van der Waals surface area contributed by atoms with Crippen LogP contribution in [0.15, 0.2) is 47.9 Å². The maximum absolute atomic E-state index is 12.4. The molecule has 0 saturated heterocycles. The van der Waals surface area contributed by atoms with Gasteiger partial charge in [0.15, 0.2) is 5.78 Å². The molecule has 0 spiro atoms. The second kappa shape index (κ2) is 5.40. The molecule has 0 aliphatic heterocycles. The standard InChI is InChI=1S/C14H9F3OS/c15-14(16,17)11-5-3-10(4-6-11)13(18)8-7-12-2-1-9-19-12/h1-9H/b8-7+. The van der Waals surface area contributed by atoms with Crippen molar-refractivity contribution in [2.45, 2.75) is 6.18 Å². The molecule has 0 amide bonds. The molecule has 2 rings (SSSR count). The van der Waals surface area contributed by atoms with Crippen molar-refractivity contribution in [3.05, 3.63) is 63.9 Å². The quantitative estimate of drug-likeness (QED) is 0.591. The number of carbonyl (C=O) groups excluding carboxylic acids is 1. The number of alkyl halides is 3. The first-order valence-electron chi connectivity index (χ1n) is 5.40. The first-order valence-corrected chi connectivity index (χ1v) is 6.28. The van der Waals surface area contributed by atoms with E-state index in [-0.39, 0.29) is 11.3 Å². The van der Waals surface area contributed by atoms with Gasteiger partial charge in [0.2, 0.25) is 0 Å². The van der Waals surface area contributed by atoms with E-state index in [0.717, 1.165) is 17.0 Å². The minimum Gasteiger partial charge on any atom is -0.289 e. The molecule has 0 saturated carbocycles. The number of rotatable bonds is 3. The highest BCUT2D eigenvalue weighted by molar-refractivity contribution is 7.10. The normalized spacial score (nSPS) is 11.9. The summed E-state index contributed by atoms with van der Waals surface area (Å²) in [6, 6.07) is 7.89. The predicted molar refractivity (Wildman–Crippen MR) is 69.1 cm³/mol. The molecule has 0 bridgehead atoms. The minimum atomic E-state index is -4.38. The van der Waals surface area contributed by atoms with Crippen LogP contribution in [-0.2, 0) is 6.18 Å². The van der Waals surface area contributed by atoms with Crippen molar-refractivity contribution >= 4 is 23.2 Å². The van der Waals surface area contributed by atoms with E-state index in [1.807, 2.05) is 17.5 Å². The van der Waals surface area contributed by atoms with Gasteiger partial charge >= 0.3 is 6.18 Å². The van der Waals surface area contributed by atoms with E-state index in [1.165, 1.54) is 29.5 Å². The van der Waals surface area contributed by atoms with Crippen LogP contribution in [0, 0.1) is 0 Å². The molecule has 1 nitrogen and oxygen atoms in total. The molecule has 5 heteroatoms. The number of benzene rings is 1. The van der Waals surface area contributed by atoms with Gasteiger partial charge in [-0.2, -0.15) is 13.2 Å². The van der Waals surface area contributed by atoms with Gasteiger partial charge in [0.1, 0.15) is 0 Å². The topological polar surface area (TPSA) is 17.1 Å². The molecule has 0 aliphatic carbocycles. The van der Waals surface area contributed by atoms with Crippen LogP contribution >= 0.6 is 11.3 Å². The summed E-state index contributed by atoms with van der Waals surface area (Å²) in [5.74, 6) is -0.317. The van der Waals surface area contributed by atoms with Gasteiger partial charge in [-0.15, -0.1) is 11.3 Å². The van der Waals surface area contributed by atoms with E-state index in [9.17, 15) is 18.0 Å². The highest BCUT2D eigenvalue weighted by Gasteiger charge is 2.30. The van der Waals surface area contributed by atoms with Crippen molar-refractivity contribution in [2.75, 3.05) is 0 Å². The maximum Gasteiger partial charge on any atom is 0.416 e. The average molecular weight is 282 g/mol. The molecule has 1 aromatic carbocycles. The predicted octanol–water partition coefficient (Wildman–Crippen LogP) is 4.66.